The molecule has 2 aromatic rings. The summed E-state index contributed by atoms with van der Waals surface area (Å²) in [4.78, 5) is 41.0. The molecule has 2 heterocycles. The number of carbonyl (C=O) groups excluding carboxylic acids is 3. The standard InChI is InChI=1S/C25H30N4O4/c1-17-15-19(7-8-21(17)29-14-11-26-25(29)32)24(31)27-20-9-12-28(13-10-20)23(30)16-18-5-3-4-6-22(18)33-2/h3-8,15,20H,9-14,16H2,1-2H3,(H,26,32)(H,27,31). The molecule has 8 nitrogen and oxygen atoms in total. The molecule has 174 valence electrons. The lowest BCUT2D eigenvalue weighted by atomic mass is 10.0. The molecule has 0 bridgehead atoms. The highest BCUT2D eigenvalue weighted by Crippen LogP contribution is 2.24. The lowest BCUT2D eigenvalue weighted by Crippen LogP contribution is -2.47. The number of piperidine rings is 1. The predicted molar refractivity (Wildman–Crippen MR) is 126 cm³/mol. The molecule has 0 aromatic heterocycles. The summed E-state index contributed by atoms with van der Waals surface area (Å²) in [5, 5.41) is 5.89. The summed E-state index contributed by atoms with van der Waals surface area (Å²) < 4.78 is 5.35. The summed E-state index contributed by atoms with van der Waals surface area (Å²) in [5.74, 6) is 0.662. The highest BCUT2D eigenvalue weighted by atomic mass is 16.5. The maximum atomic E-state index is 12.8. The van der Waals surface area contributed by atoms with Crippen LogP contribution in [0.3, 0.4) is 0 Å². The number of amides is 4. The van der Waals surface area contributed by atoms with Gasteiger partial charge in [-0.3, -0.25) is 14.5 Å². The van der Waals surface area contributed by atoms with Crippen molar-refractivity contribution in [2.45, 2.75) is 32.2 Å². The topological polar surface area (TPSA) is 91.0 Å². The van der Waals surface area contributed by atoms with E-state index in [4.69, 9.17) is 4.74 Å². The fourth-order valence-corrected chi connectivity index (χ4v) is 4.47. The molecule has 8 heteroatoms. The number of ether oxygens (including phenoxy) is 1. The molecule has 2 fully saturated rings. The fraction of sp³-hybridized carbons (Fsp3) is 0.400. The van der Waals surface area contributed by atoms with Crippen LogP contribution in [0, 0.1) is 6.92 Å². The van der Waals surface area contributed by atoms with Crippen LogP contribution < -0.4 is 20.3 Å². The molecule has 0 atom stereocenters. The van der Waals surface area contributed by atoms with Gasteiger partial charge in [0.05, 0.1) is 13.5 Å². The van der Waals surface area contributed by atoms with Gasteiger partial charge in [-0.2, -0.15) is 0 Å². The number of carbonyl (C=O) groups is 3. The third kappa shape index (κ3) is 5.10. The quantitative estimate of drug-likeness (QED) is 0.708. The third-order valence-electron chi connectivity index (χ3n) is 6.32. The molecule has 2 aromatic carbocycles. The molecule has 0 saturated carbocycles. The first-order valence-corrected chi connectivity index (χ1v) is 11.3. The van der Waals surface area contributed by atoms with E-state index in [0.29, 0.717) is 51.0 Å². The number of benzene rings is 2. The maximum absolute atomic E-state index is 12.8. The number of aryl methyl sites for hydroxylation is 1. The highest BCUT2D eigenvalue weighted by Gasteiger charge is 2.26. The van der Waals surface area contributed by atoms with Crippen molar-refractivity contribution in [3.8, 4) is 5.75 Å². The Labute approximate surface area is 193 Å². The molecule has 4 amide bonds. The molecule has 2 aliphatic rings. The van der Waals surface area contributed by atoms with Crippen molar-refractivity contribution in [1.82, 2.24) is 15.5 Å². The van der Waals surface area contributed by atoms with E-state index in [-0.39, 0.29) is 23.9 Å². The van der Waals surface area contributed by atoms with Crippen molar-refractivity contribution in [3.63, 3.8) is 0 Å². The Morgan fingerprint density at radius 1 is 1.12 bits per heavy atom. The van der Waals surface area contributed by atoms with Gasteiger partial charge in [0.2, 0.25) is 5.91 Å². The molecule has 33 heavy (non-hydrogen) atoms. The fourth-order valence-electron chi connectivity index (χ4n) is 4.47. The Bertz CT molecular complexity index is 1050. The number of nitrogens with zero attached hydrogens (tertiary/aromatic N) is 2. The van der Waals surface area contributed by atoms with Crippen LogP contribution in [0.2, 0.25) is 0 Å². The first-order chi connectivity index (χ1) is 16.0. The lowest BCUT2D eigenvalue weighted by Gasteiger charge is -2.32. The second-order valence-corrected chi connectivity index (χ2v) is 8.50. The van der Waals surface area contributed by atoms with E-state index in [9.17, 15) is 14.4 Å². The van der Waals surface area contributed by atoms with Crippen LogP contribution in [0.15, 0.2) is 42.5 Å². The molecule has 2 N–H and O–H groups in total. The van der Waals surface area contributed by atoms with Crippen LogP contribution in [0.5, 0.6) is 5.75 Å². The zero-order chi connectivity index (χ0) is 23.4. The second-order valence-electron chi connectivity index (χ2n) is 8.50. The van der Waals surface area contributed by atoms with Crippen molar-refractivity contribution in [1.29, 1.82) is 0 Å². The van der Waals surface area contributed by atoms with Gasteiger partial charge in [-0.1, -0.05) is 18.2 Å². The van der Waals surface area contributed by atoms with Crippen LogP contribution in [0.4, 0.5) is 10.5 Å². The first kappa shape index (κ1) is 22.6. The summed E-state index contributed by atoms with van der Waals surface area (Å²) in [5.41, 5.74) is 3.16. The molecule has 0 aliphatic carbocycles. The number of nitrogens with one attached hydrogen (secondary N) is 2. The molecule has 2 saturated heterocycles. The zero-order valence-corrected chi connectivity index (χ0v) is 19.1. The number of hydrogen-bond donors (Lipinski definition) is 2. The number of hydrogen-bond acceptors (Lipinski definition) is 4. The van der Waals surface area contributed by atoms with Gasteiger partial charge in [0, 0.05) is 49.0 Å². The normalized spacial score (nSPS) is 16.5. The molecule has 2 aliphatic heterocycles. The van der Waals surface area contributed by atoms with Gasteiger partial charge in [-0.15, -0.1) is 0 Å². The van der Waals surface area contributed by atoms with Crippen molar-refractivity contribution >= 4 is 23.5 Å². The van der Waals surface area contributed by atoms with Crippen molar-refractivity contribution in [3.05, 3.63) is 59.2 Å². The zero-order valence-electron chi connectivity index (χ0n) is 19.1. The Morgan fingerprint density at radius 2 is 1.88 bits per heavy atom. The Balaban J connectivity index is 1.30. The number of rotatable bonds is 6. The average Bonchev–Trinajstić information content (AvgIpc) is 3.25. The number of likely N-dealkylation sites (tertiary alicyclic amines) is 1. The van der Waals surface area contributed by atoms with E-state index in [0.717, 1.165) is 22.6 Å². The third-order valence-corrected chi connectivity index (χ3v) is 6.32. The monoisotopic (exact) mass is 450 g/mol. The van der Waals surface area contributed by atoms with Crippen molar-refractivity contribution in [2.24, 2.45) is 0 Å². The van der Waals surface area contributed by atoms with Gasteiger partial charge in [-0.25, -0.2) is 4.79 Å². The van der Waals surface area contributed by atoms with E-state index < -0.39 is 0 Å². The van der Waals surface area contributed by atoms with E-state index in [2.05, 4.69) is 10.6 Å². The predicted octanol–water partition coefficient (Wildman–Crippen LogP) is 2.50. The lowest BCUT2D eigenvalue weighted by molar-refractivity contribution is -0.131. The average molecular weight is 451 g/mol. The van der Waals surface area contributed by atoms with Crippen LogP contribution in [-0.2, 0) is 11.2 Å². The van der Waals surface area contributed by atoms with Gasteiger partial charge >= 0.3 is 6.03 Å². The van der Waals surface area contributed by atoms with Gasteiger partial charge in [0.25, 0.3) is 5.91 Å². The number of methoxy groups -OCH3 is 1. The maximum Gasteiger partial charge on any atom is 0.322 e. The Hall–Kier alpha value is -3.55. The molecule has 0 unspecified atom stereocenters. The molecular formula is C25H30N4O4. The smallest absolute Gasteiger partial charge is 0.322 e. The summed E-state index contributed by atoms with van der Waals surface area (Å²) in [6.45, 7) is 4.38. The van der Waals surface area contributed by atoms with Gasteiger partial charge in [0.1, 0.15) is 5.75 Å². The van der Waals surface area contributed by atoms with Crippen LogP contribution >= 0.6 is 0 Å². The van der Waals surface area contributed by atoms with Crippen LogP contribution in [-0.4, -0.2) is 62.1 Å². The van der Waals surface area contributed by atoms with E-state index in [1.807, 2.05) is 48.2 Å². The van der Waals surface area contributed by atoms with E-state index in [1.54, 1.807) is 18.1 Å². The molecule has 0 spiro atoms. The van der Waals surface area contributed by atoms with E-state index >= 15 is 0 Å². The van der Waals surface area contributed by atoms with Gasteiger partial charge in [0.15, 0.2) is 0 Å². The second kappa shape index (κ2) is 9.94. The minimum atomic E-state index is -0.130. The highest BCUT2D eigenvalue weighted by molar-refractivity contribution is 5.98. The number of anilines is 1. The number of urea groups is 1. The number of para-hydroxylation sites is 1. The van der Waals surface area contributed by atoms with Gasteiger partial charge in [-0.05, 0) is 49.6 Å². The minimum Gasteiger partial charge on any atom is -0.496 e. The molecular weight excluding hydrogens is 420 g/mol. The first-order valence-electron chi connectivity index (χ1n) is 11.3. The summed E-state index contributed by atoms with van der Waals surface area (Å²) >= 11 is 0. The van der Waals surface area contributed by atoms with Crippen molar-refractivity contribution < 1.29 is 19.1 Å². The van der Waals surface area contributed by atoms with Crippen LogP contribution in [0.1, 0.15) is 34.3 Å². The largest absolute Gasteiger partial charge is 0.496 e. The SMILES string of the molecule is COc1ccccc1CC(=O)N1CCC(NC(=O)c2ccc(N3CCNC3=O)c(C)c2)CC1. The van der Waals surface area contributed by atoms with Gasteiger partial charge < -0.3 is 20.3 Å². The summed E-state index contributed by atoms with van der Waals surface area (Å²) in [6, 6.07) is 12.9. The molecule has 4 rings (SSSR count). The Kier molecular flexibility index (Phi) is 6.82. The molecule has 0 radical (unpaired) electrons. The summed E-state index contributed by atoms with van der Waals surface area (Å²) in [6.07, 6.45) is 1.74. The van der Waals surface area contributed by atoms with Crippen LogP contribution in [0.25, 0.3) is 0 Å². The summed E-state index contributed by atoms with van der Waals surface area (Å²) in [7, 11) is 1.61. The van der Waals surface area contributed by atoms with Crippen molar-refractivity contribution in [2.75, 3.05) is 38.2 Å². The van der Waals surface area contributed by atoms with E-state index in [1.165, 1.54) is 0 Å². The minimum absolute atomic E-state index is 0.0251. The Morgan fingerprint density at radius 3 is 2.55 bits per heavy atom.